The second-order valence-corrected chi connectivity index (χ2v) is 5.22. The van der Waals surface area contributed by atoms with Crippen molar-refractivity contribution in [3.63, 3.8) is 0 Å². The van der Waals surface area contributed by atoms with E-state index >= 15 is 0 Å². The van der Waals surface area contributed by atoms with Crippen molar-refractivity contribution in [3.8, 4) is 0 Å². The molecule has 0 amide bonds. The molecule has 1 rings (SSSR count). The summed E-state index contributed by atoms with van der Waals surface area (Å²) in [6.45, 7) is 5.58. The van der Waals surface area contributed by atoms with Gasteiger partial charge in [0.05, 0.1) is 5.69 Å². The van der Waals surface area contributed by atoms with Crippen molar-refractivity contribution >= 4 is 10.0 Å². The fourth-order valence-electron chi connectivity index (χ4n) is 1.10. The molecule has 0 saturated carbocycles. The van der Waals surface area contributed by atoms with Gasteiger partial charge in [-0.1, -0.05) is 0 Å². The van der Waals surface area contributed by atoms with Crippen molar-refractivity contribution in [1.29, 1.82) is 0 Å². The van der Waals surface area contributed by atoms with Gasteiger partial charge in [-0.2, -0.15) is 5.10 Å². The standard InChI is InChI=1S/C8H15N3O2S/c1-6(2)11-5-8(7(3)10-11)14(12,13)9-4/h5-6,9H,1-4H3. The van der Waals surface area contributed by atoms with Crippen molar-refractivity contribution < 1.29 is 8.42 Å². The third-order valence-corrected chi connectivity index (χ3v) is 3.48. The van der Waals surface area contributed by atoms with Gasteiger partial charge in [0, 0.05) is 12.2 Å². The first-order chi connectivity index (χ1) is 6.38. The Morgan fingerprint density at radius 2 is 2.07 bits per heavy atom. The minimum Gasteiger partial charge on any atom is -0.269 e. The Morgan fingerprint density at radius 3 is 2.43 bits per heavy atom. The van der Waals surface area contributed by atoms with Crippen molar-refractivity contribution in [2.45, 2.75) is 31.7 Å². The Kier molecular flexibility index (Phi) is 2.96. The van der Waals surface area contributed by atoms with Crippen molar-refractivity contribution in [3.05, 3.63) is 11.9 Å². The van der Waals surface area contributed by atoms with Gasteiger partial charge in [0.1, 0.15) is 4.90 Å². The summed E-state index contributed by atoms with van der Waals surface area (Å²) in [4.78, 5) is 0.244. The molecule has 0 aliphatic rings. The topological polar surface area (TPSA) is 64.0 Å². The number of sulfonamides is 1. The predicted molar refractivity (Wildman–Crippen MR) is 53.6 cm³/mol. The minimum atomic E-state index is -3.37. The van der Waals surface area contributed by atoms with Gasteiger partial charge in [0.25, 0.3) is 0 Å². The van der Waals surface area contributed by atoms with E-state index < -0.39 is 10.0 Å². The first-order valence-electron chi connectivity index (χ1n) is 4.37. The molecular formula is C8H15N3O2S. The lowest BCUT2D eigenvalue weighted by molar-refractivity contribution is 0.528. The summed E-state index contributed by atoms with van der Waals surface area (Å²) in [5, 5.41) is 4.12. The molecule has 1 aromatic rings. The molecule has 1 N–H and O–H groups in total. The first-order valence-corrected chi connectivity index (χ1v) is 5.86. The van der Waals surface area contributed by atoms with E-state index in [4.69, 9.17) is 0 Å². The number of nitrogens with zero attached hydrogens (tertiary/aromatic N) is 2. The Hall–Kier alpha value is -0.880. The van der Waals surface area contributed by atoms with Crippen LogP contribution in [0.5, 0.6) is 0 Å². The summed E-state index contributed by atoms with van der Waals surface area (Å²) in [5.74, 6) is 0. The van der Waals surface area contributed by atoms with Crippen LogP contribution in [0.25, 0.3) is 0 Å². The second kappa shape index (κ2) is 3.70. The predicted octanol–water partition coefficient (Wildman–Crippen LogP) is 0.681. The molecule has 80 valence electrons. The molecule has 0 unspecified atom stereocenters. The van der Waals surface area contributed by atoms with Crippen LogP contribution < -0.4 is 4.72 Å². The monoisotopic (exact) mass is 217 g/mol. The molecule has 14 heavy (non-hydrogen) atoms. The summed E-state index contributed by atoms with van der Waals surface area (Å²) < 4.78 is 26.9. The summed E-state index contributed by atoms with van der Waals surface area (Å²) in [5.41, 5.74) is 0.521. The van der Waals surface area contributed by atoms with Gasteiger partial charge in [-0.3, -0.25) is 4.68 Å². The van der Waals surface area contributed by atoms with Crippen LogP contribution in [0.2, 0.25) is 0 Å². The molecular weight excluding hydrogens is 202 g/mol. The molecule has 0 bridgehead atoms. The van der Waals surface area contributed by atoms with Crippen LogP contribution in [-0.2, 0) is 10.0 Å². The zero-order valence-electron chi connectivity index (χ0n) is 8.77. The van der Waals surface area contributed by atoms with Gasteiger partial charge in [-0.25, -0.2) is 13.1 Å². The lowest BCUT2D eigenvalue weighted by Crippen LogP contribution is -2.18. The van der Waals surface area contributed by atoms with E-state index in [1.807, 2.05) is 13.8 Å². The Balaban J connectivity index is 3.24. The zero-order chi connectivity index (χ0) is 10.9. The van der Waals surface area contributed by atoms with Gasteiger partial charge in [0.15, 0.2) is 0 Å². The number of rotatable bonds is 3. The minimum absolute atomic E-state index is 0.162. The van der Waals surface area contributed by atoms with Crippen molar-refractivity contribution in [2.24, 2.45) is 0 Å². The van der Waals surface area contributed by atoms with Crippen LogP contribution in [0.3, 0.4) is 0 Å². The molecule has 0 saturated heterocycles. The Labute approximate surface area is 84.2 Å². The number of hydrogen-bond donors (Lipinski definition) is 1. The highest BCUT2D eigenvalue weighted by Crippen LogP contribution is 2.15. The molecule has 0 spiro atoms. The third-order valence-electron chi connectivity index (χ3n) is 1.96. The Morgan fingerprint density at radius 1 is 1.50 bits per heavy atom. The van der Waals surface area contributed by atoms with E-state index in [-0.39, 0.29) is 10.9 Å². The molecule has 6 heteroatoms. The highest BCUT2D eigenvalue weighted by atomic mass is 32.2. The number of nitrogens with one attached hydrogen (secondary N) is 1. The van der Waals surface area contributed by atoms with E-state index in [9.17, 15) is 8.42 Å². The molecule has 0 aromatic carbocycles. The summed E-state index contributed by atoms with van der Waals surface area (Å²) in [7, 11) is -1.98. The molecule has 0 aliphatic carbocycles. The molecule has 0 fully saturated rings. The van der Waals surface area contributed by atoms with Crippen LogP contribution >= 0.6 is 0 Å². The third kappa shape index (κ3) is 1.96. The van der Waals surface area contributed by atoms with Crippen LogP contribution in [0, 0.1) is 6.92 Å². The number of hydrogen-bond acceptors (Lipinski definition) is 3. The average Bonchev–Trinajstić information content (AvgIpc) is 2.48. The maximum absolute atomic E-state index is 11.5. The molecule has 1 heterocycles. The van der Waals surface area contributed by atoms with E-state index in [0.29, 0.717) is 5.69 Å². The van der Waals surface area contributed by atoms with Gasteiger partial charge >= 0.3 is 0 Å². The first kappa shape index (κ1) is 11.2. The van der Waals surface area contributed by atoms with Crippen LogP contribution in [-0.4, -0.2) is 25.2 Å². The fraction of sp³-hybridized carbons (Fsp3) is 0.625. The highest BCUT2D eigenvalue weighted by Gasteiger charge is 2.18. The van der Waals surface area contributed by atoms with E-state index in [1.165, 1.54) is 7.05 Å². The second-order valence-electron chi connectivity index (χ2n) is 3.36. The van der Waals surface area contributed by atoms with Gasteiger partial charge in [-0.15, -0.1) is 0 Å². The molecule has 5 nitrogen and oxygen atoms in total. The van der Waals surface area contributed by atoms with Gasteiger partial charge < -0.3 is 0 Å². The van der Waals surface area contributed by atoms with Crippen molar-refractivity contribution in [2.75, 3.05) is 7.05 Å². The van der Waals surface area contributed by atoms with Crippen LogP contribution in [0.4, 0.5) is 0 Å². The van der Waals surface area contributed by atoms with Crippen molar-refractivity contribution in [1.82, 2.24) is 14.5 Å². The summed E-state index contributed by atoms with van der Waals surface area (Å²) in [6, 6.07) is 0.162. The maximum Gasteiger partial charge on any atom is 0.243 e. The van der Waals surface area contributed by atoms with E-state index in [0.717, 1.165) is 0 Å². The molecule has 0 atom stereocenters. The lowest BCUT2D eigenvalue weighted by Gasteiger charge is -2.02. The van der Waals surface area contributed by atoms with E-state index in [1.54, 1.807) is 17.8 Å². The van der Waals surface area contributed by atoms with Gasteiger partial charge in [0.2, 0.25) is 10.0 Å². The largest absolute Gasteiger partial charge is 0.269 e. The smallest absolute Gasteiger partial charge is 0.243 e. The lowest BCUT2D eigenvalue weighted by atomic mass is 10.4. The number of aryl methyl sites for hydroxylation is 1. The molecule has 0 radical (unpaired) electrons. The van der Waals surface area contributed by atoms with Gasteiger partial charge in [-0.05, 0) is 27.8 Å². The quantitative estimate of drug-likeness (QED) is 0.809. The van der Waals surface area contributed by atoms with Crippen LogP contribution in [0.15, 0.2) is 11.1 Å². The fourth-order valence-corrected chi connectivity index (χ4v) is 2.00. The molecule has 1 aromatic heterocycles. The zero-order valence-corrected chi connectivity index (χ0v) is 9.59. The normalized spacial score (nSPS) is 12.4. The summed E-state index contributed by atoms with van der Waals surface area (Å²) in [6.07, 6.45) is 1.55. The van der Waals surface area contributed by atoms with E-state index in [2.05, 4.69) is 9.82 Å². The van der Waals surface area contributed by atoms with Crippen LogP contribution in [0.1, 0.15) is 25.6 Å². The maximum atomic E-state index is 11.5. The number of aromatic nitrogens is 2. The summed E-state index contributed by atoms with van der Waals surface area (Å²) >= 11 is 0. The average molecular weight is 217 g/mol. The Bertz CT molecular complexity index is 420. The molecule has 0 aliphatic heterocycles. The highest BCUT2D eigenvalue weighted by molar-refractivity contribution is 7.89. The SMILES string of the molecule is CNS(=O)(=O)c1cn(C(C)C)nc1C.